The van der Waals surface area contributed by atoms with E-state index in [1.807, 2.05) is 35.4 Å². The predicted molar refractivity (Wildman–Crippen MR) is 94.2 cm³/mol. The number of carbonyl (C=O) groups is 1. The summed E-state index contributed by atoms with van der Waals surface area (Å²) in [7, 11) is 0. The van der Waals surface area contributed by atoms with Gasteiger partial charge in [0.15, 0.2) is 0 Å². The fraction of sp³-hybridized carbons (Fsp3) is 0.526. The lowest BCUT2D eigenvalue weighted by Gasteiger charge is -2.38. The molecule has 0 spiro atoms. The number of aromatic amines is 1. The van der Waals surface area contributed by atoms with Gasteiger partial charge in [0.25, 0.3) is 5.91 Å². The minimum Gasteiger partial charge on any atom is -0.375 e. The van der Waals surface area contributed by atoms with E-state index in [0.717, 1.165) is 55.7 Å². The lowest BCUT2D eigenvalue weighted by molar-refractivity contribution is -0.0170. The van der Waals surface area contributed by atoms with Gasteiger partial charge in [-0.25, -0.2) is 0 Å². The molecule has 2 aliphatic heterocycles. The standard InChI is InChI=1S/C19H25N3O2/c1-2-21-9-10-24-18-13-22(8-6-16(18)12-21)19(23)15-3-4-17-14(11-15)5-7-20-17/h3-5,7,11,16,18,20H,2,6,8-10,12-13H2,1H3/t16-,18+/m1/s1. The first kappa shape index (κ1) is 15.7. The molecule has 128 valence electrons. The monoisotopic (exact) mass is 327 g/mol. The number of fused-ring (bicyclic) bond motifs is 2. The summed E-state index contributed by atoms with van der Waals surface area (Å²) in [6.45, 7) is 7.69. The van der Waals surface area contributed by atoms with Gasteiger partial charge in [0.2, 0.25) is 0 Å². The number of hydrogen-bond donors (Lipinski definition) is 1. The quantitative estimate of drug-likeness (QED) is 0.921. The van der Waals surface area contributed by atoms with Gasteiger partial charge in [-0.2, -0.15) is 0 Å². The van der Waals surface area contributed by atoms with Gasteiger partial charge in [-0.1, -0.05) is 6.92 Å². The van der Waals surface area contributed by atoms with Crippen LogP contribution in [0.4, 0.5) is 0 Å². The van der Waals surface area contributed by atoms with Crippen molar-refractivity contribution < 1.29 is 9.53 Å². The second-order valence-electron chi connectivity index (χ2n) is 6.88. The van der Waals surface area contributed by atoms with E-state index in [0.29, 0.717) is 12.5 Å². The molecule has 0 radical (unpaired) electrons. The normalized spacial score (nSPS) is 25.5. The Hall–Kier alpha value is -1.85. The maximum atomic E-state index is 12.9. The Morgan fingerprint density at radius 2 is 2.21 bits per heavy atom. The molecule has 2 aliphatic rings. The number of H-pyrrole nitrogens is 1. The highest BCUT2D eigenvalue weighted by molar-refractivity contribution is 5.98. The third-order valence-electron chi connectivity index (χ3n) is 5.46. The smallest absolute Gasteiger partial charge is 0.253 e. The lowest BCUT2D eigenvalue weighted by atomic mass is 9.93. The topological polar surface area (TPSA) is 48.6 Å². The number of amides is 1. The first-order chi connectivity index (χ1) is 11.7. The number of aromatic nitrogens is 1. The van der Waals surface area contributed by atoms with Crippen molar-refractivity contribution in [3.63, 3.8) is 0 Å². The van der Waals surface area contributed by atoms with Gasteiger partial charge in [-0.3, -0.25) is 4.79 Å². The average Bonchev–Trinajstić information content (AvgIpc) is 2.98. The van der Waals surface area contributed by atoms with Gasteiger partial charge >= 0.3 is 0 Å². The fourth-order valence-corrected chi connectivity index (χ4v) is 3.96. The van der Waals surface area contributed by atoms with Crippen molar-refractivity contribution in [1.82, 2.24) is 14.8 Å². The zero-order chi connectivity index (χ0) is 16.5. The second kappa shape index (κ2) is 6.57. The van der Waals surface area contributed by atoms with Gasteiger partial charge in [0, 0.05) is 54.8 Å². The Balaban J connectivity index is 1.48. The predicted octanol–water partition coefficient (Wildman–Crippen LogP) is 2.35. The molecule has 0 bridgehead atoms. The lowest BCUT2D eigenvalue weighted by Crippen LogP contribution is -2.49. The molecule has 1 aromatic heterocycles. The van der Waals surface area contributed by atoms with Gasteiger partial charge in [0.05, 0.1) is 12.7 Å². The van der Waals surface area contributed by atoms with Crippen molar-refractivity contribution >= 4 is 16.8 Å². The van der Waals surface area contributed by atoms with Crippen molar-refractivity contribution in [3.8, 4) is 0 Å². The van der Waals surface area contributed by atoms with E-state index in [1.165, 1.54) is 0 Å². The van der Waals surface area contributed by atoms with Crippen LogP contribution in [0, 0.1) is 5.92 Å². The van der Waals surface area contributed by atoms with Crippen molar-refractivity contribution in [2.75, 3.05) is 39.3 Å². The Morgan fingerprint density at radius 1 is 1.29 bits per heavy atom. The van der Waals surface area contributed by atoms with Crippen LogP contribution < -0.4 is 0 Å². The number of ether oxygens (including phenoxy) is 1. The number of nitrogens with zero attached hydrogens (tertiary/aromatic N) is 2. The van der Waals surface area contributed by atoms with Crippen molar-refractivity contribution in [2.45, 2.75) is 19.4 Å². The zero-order valence-corrected chi connectivity index (χ0v) is 14.2. The minimum absolute atomic E-state index is 0.122. The molecule has 24 heavy (non-hydrogen) atoms. The molecule has 1 amide bonds. The molecule has 3 heterocycles. The molecule has 0 unspecified atom stereocenters. The molecule has 0 saturated carbocycles. The molecule has 2 aromatic rings. The number of hydrogen-bond acceptors (Lipinski definition) is 3. The van der Waals surface area contributed by atoms with E-state index in [-0.39, 0.29) is 12.0 Å². The summed E-state index contributed by atoms with van der Waals surface area (Å²) in [6.07, 6.45) is 3.11. The molecule has 0 aliphatic carbocycles. The molecule has 5 nitrogen and oxygen atoms in total. The van der Waals surface area contributed by atoms with Crippen molar-refractivity contribution in [3.05, 3.63) is 36.0 Å². The highest BCUT2D eigenvalue weighted by atomic mass is 16.5. The Kier molecular flexibility index (Phi) is 4.29. The largest absolute Gasteiger partial charge is 0.375 e. The molecule has 4 rings (SSSR count). The van der Waals surface area contributed by atoms with Crippen molar-refractivity contribution in [1.29, 1.82) is 0 Å². The van der Waals surface area contributed by atoms with E-state index < -0.39 is 0 Å². The molecule has 1 N–H and O–H groups in total. The summed E-state index contributed by atoms with van der Waals surface area (Å²) in [6, 6.07) is 7.88. The number of likely N-dealkylation sites (N-methyl/N-ethyl adjacent to an activating group) is 1. The van der Waals surface area contributed by atoms with Crippen LogP contribution in [-0.2, 0) is 4.74 Å². The van der Waals surface area contributed by atoms with Crippen LogP contribution in [0.1, 0.15) is 23.7 Å². The average molecular weight is 327 g/mol. The van der Waals surface area contributed by atoms with E-state index in [9.17, 15) is 4.79 Å². The number of carbonyl (C=O) groups excluding carboxylic acids is 1. The summed E-state index contributed by atoms with van der Waals surface area (Å²) in [5, 5.41) is 1.08. The molecule has 1 aromatic carbocycles. The molecule has 2 saturated heterocycles. The Labute approximate surface area is 142 Å². The van der Waals surface area contributed by atoms with Gasteiger partial charge in [-0.15, -0.1) is 0 Å². The third-order valence-corrected chi connectivity index (χ3v) is 5.46. The van der Waals surface area contributed by atoms with E-state index in [1.54, 1.807) is 0 Å². The third kappa shape index (κ3) is 2.94. The maximum absolute atomic E-state index is 12.9. The van der Waals surface area contributed by atoms with Crippen LogP contribution in [0.5, 0.6) is 0 Å². The van der Waals surface area contributed by atoms with E-state index in [4.69, 9.17) is 4.74 Å². The first-order valence-corrected chi connectivity index (χ1v) is 8.95. The van der Waals surface area contributed by atoms with Crippen LogP contribution in [0.25, 0.3) is 10.9 Å². The zero-order valence-electron chi connectivity index (χ0n) is 14.2. The number of nitrogens with one attached hydrogen (secondary N) is 1. The number of benzene rings is 1. The summed E-state index contributed by atoms with van der Waals surface area (Å²) in [5.41, 5.74) is 1.83. The van der Waals surface area contributed by atoms with E-state index in [2.05, 4.69) is 16.8 Å². The number of rotatable bonds is 2. The van der Waals surface area contributed by atoms with Crippen LogP contribution in [0.15, 0.2) is 30.5 Å². The second-order valence-corrected chi connectivity index (χ2v) is 6.88. The van der Waals surface area contributed by atoms with Crippen LogP contribution >= 0.6 is 0 Å². The summed E-state index contributed by atoms with van der Waals surface area (Å²) >= 11 is 0. The highest BCUT2D eigenvalue weighted by Gasteiger charge is 2.34. The van der Waals surface area contributed by atoms with Crippen molar-refractivity contribution in [2.24, 2.45) is 5.92 Å². The SMILES string of the molecule is CCN1CCO[C@H]2CN(C(=O)c3ccc4[nH]ccc4c3)CC[C@@H]2C1. The summed E-state index contributed by atoms with van der Waals surface area (Å²) in [4.78, 5) is 20.5. The number of likely N-dealkylation sites (tertiary alicyclic amines) is 1. The van der Waals surface area contributed by atoms with Gasteiger partial charge in [0.1, 0.15) is 0 Å². The van der Waals surface area contributed by atoms with Crippen LogP contribution in [-0.4, -0.2) is 66.1 Å². The van der Waals surface area contributed by atoms with E-state index >= 15 is 0 Å². The van der Waals surface area contributed by atoms with Gasteiger partial charge in [-0.05, 0) is 37.2 Å². The minimum atomic E-state index is 0.122. The Morgan fingerprint density at radius 3 is 3.08 bits per heavy atom. The summed E-state index contributed by atoms with van der Waals surface area (Å²) in [5.74, 6) is 0.667. The first-order valence-electron chi connectivity index (χ1n) is 8.95. The molecular weight excluding hydrogens is 302 g/mol. The molecule has 5 heteroatoms. The van der Waals surface area contributed by atoms with Crippen LogP contribution in [0.3, 0.4) is 0 Å². The molecule has 2 atom stereocenters. The summed E-state index contributed by atoms with van der Waals surface area (Å²) < 4.78 is 6.07. The highest BCUT2D eigenvalue weighted by Crippen LogP contribution is 2.25. The van der Waals surface area contributed by atoms with Crippen LogP contribution in [0.2, 0.25) is 0 Å². The molecule has 2 fully saturated rings. The van der Waals surface area contributed by atoms with Gasteiger partial charge < -0.3 is 19.5 Å². The number of piperidine rings is 1. The fourth-order valence-electron chi connectivity index (χ4n) is 3.96. The maximum Gasteiger partial charge on any atom is 0.253 e. The Bertz CT molecular complexity index is 726. The molecular formula is C19H25N3O2.